The van der Waals surface area contributed by atoms with Gasteiger partial charge in [0.1, 0.15) is 8.07 Å². The average Bonchev–Trinajstić information content (AvgIpc) is 2.50. The molecule has 3 nitrogen and oxygen atoms in total. The molecule has 4 heteroatoms. The van der Waals surface area contributed by atoms with Crippen LogP contribution in [0.2, 0.25) is 6.04 Å². The SMILES string of the molecule is C=C[Si](C=C)(CC)c1ccc(C(=O)OOCCC)cc1. The smallest absolute Gasteiger partial charge is 0.293 e. The van der Waals surface area contributed by atoms with Gasteiger partial charge in [0.15, 0.2) is 0 Å². The number of hydrogen-bond donors (Lipinski definition) is 0. The molecule has 0 aliphatic carbocycles. The van der Waals surface area contributed by atoms with Crippen LogP contribution in [0.15, 0.2) is 48.8 Å². The van der Waals surface area contributed by atoms with Crippen molar-refractivity contribution in [2.45, 2.75) is 26.3 Å². The Balaban J connectivity index is 2.85. The van der Waals surface area contributed by atoms with Crippen LogP contribution in [-0.2, 0) is 9.78 Å². The van der Waals surface area contributed by atoms with Gasteiger partial charge in [-0.3, -0.25) is 4.89 Å². The predicted molar refractivity (Wildman–Crippen MR) is 84.4 cm³/mol. The first-order valence-corrected chi connectivity index (χ1v) is 9.21. The van der Waals surface area contributed by atoms with Crippen LogP contribution in [0.3, 0.4) is 0 Å². The fraction of sp³-hybridized carbons (Fsp3) is 0.312. The lowest BCUT2D eigenvalue weighted by atomic mass is 10.2. The first-order valence-electron chi connectivity index (χ1n) is 6.85. The Morgan fingerprint density at radius 1 is 1.20 bits per heavy atom. The largest absolute Gasteiger partial charge is 0.373 e. The summed E-state index contributed by atoms with van der Waals surface area (Å²) in [6.07, 6.45) is 0.801. The van der Waals surface area contributed by atoms with Crippen molar-refractivity contribution in [1.29, 1.82) is 0 Å². The van der Waals surface area contributed by atoms with E-state index < -0.39 is 14.0 Å². The van der Waals surface area contributed by atoms with Crippen LogP contribution < -0.4 is 5.19 Å². The van der Waals surface area contributed by atoms with Gasteiger partial charge in [0.25, 0.3) is 0 Å². The first kappa shape index (κ1) is 16.4. The monoisotopic (exact) mass is 290 g/mol. The molecule has 0 aliphatic heterocycles. The summed E-state index contributed by atoms with van der Waals surface area (Å²) < 4.78 is 0. The highest BCUT2D eigenvalue weighted by Crippen LogP contribution is 2.13. The molecule has 0 unspecified atom stereocenters. The van der Waals surface area contributed by atoms with Gasteiger partial charge in [-0.1, -0.05) is 42.6 Å². The Hall–Kier alpha value is -1.65. The van der Waals surface area contributed by atoms with Crippen molar-refractivity contribution in [3.8, 4) is 0 Å². The van der Waals surface area contributed by atoms with E-state index in [9.17, 15) is 4.79 Å². The second kappa shape index (κ2) is 7.82. The van der Waals surface area contributed by atoms with E-state index in [-0.39, 0.29) is 0 Å². The van der Waals surface area contributed by atoms with E-state index in [1.807, 2.05) is 30.5 Å². The minimum Gasteiger partial charge on any atom is -0.293 e. The zero-order chi connectivity index (χ0) is 15.0. The molecule has 0 saturated carbocycles. The summed E-state index contributed by atoms with van der Waals surface area (Å²) in [5.41, 5.74) is 4.51. The summed E-state index contributed by atoms with van der Waals surface area (Å²) in [7, 11) is -1.84. The highest BCUT2D eigenvalue weighted by molar-refractivity contribution is 6.99. The molecule has 0 bridgehead atoms. The Kier molecular flexibility index (Phi) is 6.41. The van der Waals surface area contributed by atoms with Gasteiger partial charge in [-0.15, -0.1) is 13.2 Å². The Bertz CT molecular complexity index is 457. The van der Waals surface area contributed by atoms with Crippen LogP contribution in [0.1, 0.15) is 30.6 Å². The maximum Gasteiger partial charge on any atom is 0.373 e. The molecule has 20 heavy (non-hydrogen) atoms. The van der Waals surface area contributed by atoms with Gasteiger partial charge in [0.05, 0.1) is 12.2 Å². The minimum absolute atomic E-state index is 0.405. The maximum absolute atomic E-state index is 11.7. The number of hydrogen-bond acceptors (Lipinski definition) is 3. The standard InChI is InChI=1S/C16H22O3Si/c1-5-13-18-19-16(17)14-9-11-15(12-10-14)20(6-2,7-3)8-4/h6-7,9-12H,2-3,5,8,13H2,1,4H3. The lowest BCUT2D eigenvalue weighted by Crippen LogP contribution is -2.43. The van der Waals surface area contributed by atoms with Gasteiger partial charge in [-0.05, 0) is 24.6 Å². The van der Waals surface area contributed by atoms with Gasteiger partial charge >= 0.3 is 5.97 Å². The average molecular weight is 290 g/mol. The fourth-order valence-electron chi connectivity index (χ4n) is 1.96. The van der Waals surface area contributed by atoms with Crippen molar-refractivity contribution >= 4 is 19.2 Å². The van der Waals surface area contributed by atoms with E-state index in [2.05, 4.69) is 20.1 Å². The van der Waals surface area contributed by atoms with E-state index in [1.165, 1.54) is 5.19 Å². The molecule has 0 saturated heterocycles. The van der Waals surface area contributed by atoms with Gasteiger partial charge in [0.2, 0.25) is 0 Å². The summed E-state index contributed by atoms with van der Waals surface area (Å²) in [5, 5.41) is 1.19. The number of carbonyl (C=O) groups excluding carboxylic acids is 1. The molecule has 0 fully saturated rings. The molecule has 0 spiro atoms. The molecule has 0 atom stereocenters. The van der Waals surface area contributed by atoms with Crippen molar-refractivity contribution < 1.29 is 14.6 Å². The lowest BCUT2D eigenvalue weighted by Gasteiger charge is -2.23. The van der Waals surface area contributed by atoms with Crippen molar-refractivity contribution in [2.24, 2.45) is 0 Å². The quantitative estimate of drug-likeness (QED) is 0.319. The van der Waals surface area contributed by atoms with E-state index in [4.69, 9.17) is 9.78 Å². The fourth-order valence-corrected chi connectivity index (χ4v) is 4.37. The van der Waals surface area contributed by atoms with Gasteiger partial charge in [0, 0.05) is 0 Å². The molecular weight excluding hydrogens is 268 g/mol. The normalized spacial score (nSPS) is 10.9. The van der Waals surface area contributed by atoms with Crippen molar-refractivity contribution in [3.63, 3.8) is 0 Å². The second-order valence-electron chi connectivity index (χ2n) is 4.57. The zero-order valence-electron chi connectivity index (χ0n) is 12.2. The summed E-state index contributed by atoms with van der Waals surface area (Å²) in [5.74, 6) is -0.467. The molecule has 1 rings (SSSR count). The Labute approximate surface area is 121 Å². The van der Waals surface area contributed by atoms with Gasteiger partial charge in [-0.2, -0.15) is 4.89 Å². The van der Waals surface area contributed by atoms with Crippen molar-refractivity contribution in [1.82, 2.24) is 0 Å². The number of rotatable bonds is 8. The summed E-state index contributed by atoms with van der Waals surface area (Å²) in [6, 6.07) is 8.43. The van der Waals surface area contributed by atoms with Gasteiger partial charge < -0.3 is 0 Å². The van der Waals surface area contributed by atoms with Crippen LogP contribution >= 0.6 is 0 Å². The molecular formula is C16H22O3Si. The van der Waals surface area contributed by atoms with Crippen LogP contribution in [0.25, 0.3) is 0 Å². The van der Waals surface area contributed by atoms with Gasteiger partial charge in [-0.25, -0.2) is 4.79 Å². The molecule has 1 aromatic rings. The molecule has 0 aromatic heterocycles. The van der Waals surface area contributed by atoms with Crippen LogP contribution in [-0.4, -0.2) is 20.7 Å². The summed E-state index contributed by atoms with van der Waals surface area (Å²) >= 11 is 0. The van der Waals surface area contributed by atoms with Crippen LogP contribution in [0.4, 0.5) is 0 Å². The van der Waals surface area contributed by atoms with E-state index >= 15 is 0 Å². The van der Waals surface area contributed by atoms with Crippen molar-refractivity contribution in [2.75, 3.05) is 6.61 Å². The third-order valence-electron chi connectivity index (χ3n) is 3.39. The molecule has 0 heterocycles. The molecule has 0 radical (unpaired) electrons. The van der Waals surface area contributed by atoms with Crippen LogP contribution in [0, 0.1) is 0 Å². The third kappa shape index (κ3) is 3.68. The molecule has 0 amide bonds. The maximum atomic E-state index is 11.7. The van der Waals surface area contributed by atoms with Crippen molar-refractivity contribution in [3.05, 3.63) is 54.4 Å². The first-order chi connectivity index (χ1) is 9.63. The summed E-state index contributed by atoms with van der Waals surface area (Å²) in [6.45, 7) is 12.4. The minimum atomic E-state index is -1.84. The van der Waals surface area contributed by atoms with Crippen LogP contribution in [0.5, 0.6) is 0 Å². The molecule has 1 aromatic carbocycles. The number of benzene rings is 1. The highest BCUT2D eigenvalue weighted by Gasteiger charge is 2.26. The molecule has 0 aliphatic rings. The Morgan fingerprint density at radius 2 is 1.80 bits per heavy atom. The topological polar surface area (TPSA) is 35.5 Å². The van der Waals surface area contributed by atoms with E-state index in [1.54, 1.807) is 12.1 Å². The number of carbonyl (C=O) groups is 1. The second-order valence-corrected chi connectivity index (χ2v) is 8.75. The lowest BCUT2D eigenvalue weighted by molar-refractivity contribution is -0.240. The molecule has 108 valence electrons. The molecule has 0 N–H and O–H groups in total. The summed E-state index contributed by atoms with van der Waals surface area (Å²) in [4.78, 5) is 21.2. The van der Waals surface area contributed by atoms with E-state index in [0.717, 1.165) is 12.5 Å². The third-order valence-corrected chi connectivity index (χ3v) is 7.43. The Morgan fingerprint density at radius 3 is 2.25 bits per heavy atom. The predicted octanol–water partition coefficient (Wildman–Crippen LogP) is 3.31. The van der Waals surface area contributed by atoms with E-state index in [0.29, 0.717) is 12.2 Å². The highest BCUT2D eigenvalue weighted by atomic mass is 28.3. The zero-order valence-corrected chi connectivity index (χ0v) is 13.2.